The molecule has 6 nitrogen and oxygen atoms in total. The van der Waals surface area contributed by atoms with E-state index in [1.54, 1.807) is 12.1 Å². The molecule has 10 heteroatoms. The molecule has 2 heterocycles. The first-order valence-electron chi connectivity index (χ1n) is 13.8. The molecule has 3 aromatic carbocycles. The number of piperazine rings is 1. The van der Waals surface area contributed by atoms with Crippen molar-refractivity contribution in [1.82, 2.24) is 14.6 Å². The predicted molar refractivity (Wildman–Crippen MR) is 157 cm³/mol. The van der Waals surface area contributed by atoms with Gasteiger partial charge < -0.3 is 10.6 Å². The lowest BCUT2D eigenvalue weighted by molar-refractivity contribution is -0.116. The number of aromatic nitrogens is 1. The Morgan fingerprint density at radius 3 is 2.33 bits per heavy atom. The van der Waals surface area contributed by atoms with Gasteiger partial charge in [0.2, 0.25) is 5.91 Å². The van der Waals surface area contributed by atoms with E-state index in [4.69, 9.17) is 0 Å². The van der Waals surface area contributed by atoms with Crippen molar-refractivity contribution >= 4 is 22.6 Å². The number of anilines is 1. The Labute approximate surface area is 245 Å². The molecule has 0 aliphatic carbocycles. The number of pyridine rings is 1. The molecule has 1 fully saturated rings. The first kappa shape index (κ1) is 29.6. The van der Waals surface area contributed by atoms with Crippen LogP contribution in [0, 0.1) is 17.5 Å². The van der Waals surface area contributed by atoms with Gasteiger partial charge in [-0.05, 0) is 60.4 Å². The minimum Gasteiger partial charge on any atom is -0.324 e. The third-order valence-corrected chi connectivity index (χ3v) is 8.93. The summed E-state index contributed by atoms with van der Waals surface area (Å²) < 4.78 is 58.4. The first-order chi connectivity index (χ1) is 20.4. The zero-order valence-corrected chi connectivity index (χ0v) is 23.6. The van der Waals surface area contributed by atoms with E-state index < -0.39 is 40.3 Å². The van der Waals surface area contributed by atoms with Gasteiger partial charge in [0.1, 0.15) is 28.4 Å². The molecule has 0 radical (unpaired) electrons. The van der Waals surface area contributed by atoms with Crippen LogP contribution in [0.15, 0.2) is 96.2 Å². The third kappa shape index (κ3) is 7.31. The van der Waals surface area contributed by atoms with Crippen LogP contribution in [-0.4, -0.2) is 45.1 Å². The largest absolute Gasteiger partial charge is 0.324 e. The van der Waals surface area contributed by atoms with Gasteiger partial charge in [-0.1, -0.05) is 42.5 Å². The summed E-state index contributed by atoms with van der Waals surface area (Å²) >= 11 is 0. The second-order valence-electron chi connectivity index (χ2n) is 10.2. The summed E-state index contributed by atoms with van der Waals surface area (Å²) in [7, 11) is -1.36. The predicted octanol–water partition coefficient (Wildman–Crippen LogP) is 5.59. The van der Waals surface area contributed by atoms with Crippen molar-refractivity contribution in [2.45, 2.75) is 36.1 Å². The molecule has 1 amide bonds. The Morgan fingerprint density at radius 1 is 0.976 bits per heavy atom. The van der Waals surface area contributed by atoms with Crippen LogP contribution in [0.5, 0.6) is 0 Å². The molecule has 2 atom stereocenters. The molecule has 42 heavy (non-hydrogen) atoms. The van der Waals surface area contributed by atoms with Crippen LogP contribution < -0.4 is 10.6 Å². The summed E-state index contributed by atoms with van der Waals surface area (Å²) in [5, 5.41) is 6.10. The smallest absolute Gasteiger partial charge is 0.225 e. The van der Waals surface area contributed by atoms with E-state index in [1.807, 2.05) is 34.6 Å². The Hall–Kier alpha value is -3.86. The molecule has 1 unspecified atom stereocenters. The van der Waals surface area contributed by atoms with E-state index in [2.05, 4.69) is 15.6 Å². The van der Waals surface area contributed by atoms with Gasteiger partial charge >= 0.3 is 0 Å². The number of rotatable bonds is 10. The Morgan fingerprint density at radius 2 is 1.67 bits per heavy atom. The van der Waals surface area contributed by atoms with E-state index in [-0.39, 0.29) is 24.6 Å². The van der Waals surface area contributed by atoms with Crippen molar-refractivity contribution < 1.29 is 22.2 Å². The average Bonchev–Trinajstić information content (AvgIpc) is 3.00. The van der Waals surface area contributed by atoms with Gasteiger partial charge in [-0.3, -0.25) is 9.78 Å². The van der Waals surface area contributed by atoms with E-state index in [9.17, 15) is 17.8 Å². The van der Waals surface area contributed by atoms with Crippen LogP contribution in [0.1, 0.15) is 35.4 Å². The monoisotopic (exact) mass is 592 g/mol. The zero-order valence-electron chi connectivity index (χ0n) is 22.8. The molecule has 218 valence electrons. The van der Waals surface area contributed by atoms with Gasteiger partial charge in [-0.15, -0.1) is 0 Å². The fourth-order valence-electron chi connectivity index (χ4n) is 5.27. The number of carbonyl (C=O) groups excluding carboxylic acids is 1. The molecule has 0 spiro atoms. The van der Waals surface area contributed by atoms with Crippen LogP contribution in [0.2, 0.25) is 0 Å². The van der Waals surface area contributed by atoms with Crippen LogP contribution in [-0.2, 0) is 22.2 Å². The van der Waals surface area contributed by atoms with Gasteiger partial charge in [0, 0.05) is 43.6 Å². The maximum Gasteiger partial charge on any atom is 0.225 e. The highest BCUT2D eigenvalue weighted by molar-refractivity contribution is 7.82. The number of amides is 1. The number of carbonyl (C=O) groups is 1. The van der Waals surface area contributed by atoms with Crippen LogP contribution in [0.3, 0.4) is 0 Å². The Kier molecular flexibility index (Phi) is 9.78. The second-order valence-corrected chi connectivity index (χ2v) is 11.6. The summed E-state index contributed by atoms with van der Waals surface area (Å²) in [5.74, 6) is -2.57. The summed E-state index contributed by atoms with van der Waals surface area (Å²) in [6.07, 6.45) is 3.14. The van der Waals surface area contributed by atoms with Crippen molar-refractivity contribution in [3.05, 3.63) is 125 Å². The molecule has 1 saturated heterocycles. The van der Waals surface area contributed by atoms with Crippen molar-refractivity contribution in [1.29, 1.82) is 0 Å². The molecular formula is C32H31F3N4O2S. The number of hydrogen-bond acceptors (Lipinski definition) is 4. The number of benzene rings is 3. The first-order valence-corrected chi connectivity index (χ1v) is 14.9. The normalized spacial score (nSPS) is 16.3. The number of nitrogens with one attached hydrogen (secondary N) is 2. The third-order valence-electron chi connectivity index (χ3n) is 7.35. The molecule has 0 saturated carbocycles. The van der Waals surface area contributed by atoms with Crippen molar-refractivity contribution in [2.24, 2.45) is 0 Å². The van der Waals surface area contributed by atoms with Crippen molar-refractivity contribution in [2.75, 3.05) is 25.0 Å². The average molecular weight is 593 g/mol. The molecule has 5 rings (SSSR count). The second kappa shape index (κ2) is 13.9. The highest BCUT2D eigenvalue weighted by atomic mass is 32.2. The Balaban J connectivity index is 1.32. The SMILES string of the molecule is O=C(CC(c1cccc(F)c1)c1cccc(F)c1)Nc1cncc(F)c1CC[C@H]1CNCCN1S(=O)c1ccccc1. The minimum absolute atomic E-state index is 0.124. The summed E-state index contributed by atoms with van der Waals surface area (Å²) in [4.78, 5) is 17.9. The van der Waals surface area contributed by atoms with Gasteiger partial charge in [-0.2, -0.15) is 0 Å². The van der Waals surface area contributed by atoms with Gasteiger partial charge in [0.15, 0.2) is 0 Å². The molecule has 0 bridgehead atoms. The minimum atomic E-state index is -1.36. The van der Waals surface area contributed by atoms with E-state index in [0.29, 0.717) is 47.6 Å². The van der Waals surface area contributed by atoms with Crippen LogP contribution >= 0.6 is 0 Å². The summed E-state index contributed by atoms with van der Waals surface area (Å²) in [6, 6.07) is 20.8. The molecule has 1 aliphatic rings. The maximum atomic E-state index is 15.1. The van der Waals surface area contributed by atoms with E-state index >= 15 is 4.39 Å². The topological polar surface area (TPSA) is 74.3 Å². The van der Waals surface area contributed by atoms with E-state index in [1.165, 1.54) is 42.6 Å². The van der Waals surface area contributed by atoms with Crippen molar-refractivity contribution in [3.8, 4) is 0 Å². The number of halogens is 3. The summed E-state index contributed by atoms with van der Waals surface area (Å²) in [6.45, 7) is 1.86. The van der Waals surface area contributed by atoms with Gasteiger partial charge in [-0.25, -0.2) is 21.7 Å². The molecule has 4 aromatic rings. The van der Waals surface area contributed by atoms with Gasteiger partial charge in [0.05, 0.1) is 23.0 Å². The molecule has 1 aliphatic heterocycles. The highest BCUT2D eigenvalue weighted by Gasteiger charge is 2.28. The summed E-state index contributed by atoms with van der Waals surface area (Å²) in [5.41, 5.74) is 1.56. The fourth-order valence-corrected chi connectivity index (χ4v) is 6.64. The lowest BCUT2D eigenvalue weighted by Crippen LogP contribution is -2.51. The molecule has 1 aromatic heterocycles. The maximum absolute atomic E-state index is 15.1. The molecular weight excluding hydrogens is 561 g/mol. The Bertz CT molecular complexity index is 1510. The zero-order chi connectivity index (χ0) is 29.5. The fraction of sp³-hybridized carbons (Fsp3) is 0.250. The highest BCUT2D eigenvalue weighted by Crippen LogP contribution is 2.30. The number of nitrogens with zero attached hydrogens (tertiary/aromatic N) is 2. The van der Waals surface area contributed by atoms with E-state index in [0.717, 1.165) is 6.20 Å². The lowest BCUT2D eigenvalue weighted by Gasteiger charge is -2.35. The number of hydrogen-bond donors (Lipinski definition) is 2. The van der Waals surface area contributed by atoms with Crippen LogP contribution in [0.25, 0.3) is 0 Å². The standard InChI is InChI=1S/C32H31F3N4O2S/c33-24-8-4-6-22(16-24)29(23-7-5-9-25(34)17-23)18-32(40)38-31-21-37-20-30(35)28(31)13-12-26-19-36-14-15-39(26)42(41)27-10-2-1-3-11-27/h1-11,16-17,20-21,26,29,36H,12-15,18-19H2,(H,38,40)/t26-,42?/m0/s1. The molecule has 2 N–H and O–H groups in total. The lowest BCUT2D eigenvalue weighted by atomic mass is 9.88. The van der Waals surface area contributed by atoms with Crippen LogP contribution in [0.4, 0.5) is 18.9 Å². The van der Waals surface area contributed by atoms with Crippen molar-refractivity contribution in [3.63, 3.8) is 0 Å². The van der Waals surface area contributed by atoms with Gasteiger partial charge in [0.25, 0.3) is 0 Å². The quantitative estimate of drug-likeness (QED) is 0.252.